The Kier molecular flexibility index (Phi) is 11.5. The second-order valence-electron chi connectivity index (χ2n) is 15.3. The third-order valence-corrected chi connectivity index (χ3v) is 13.3. The van der Waals surface area contributed by atoms with Crippen molar-refractivity contribution in [3.8, 4) is 43.4 Å². The number of fused-ring (bicyclic) bond motifs is 4. The number of benzene rings is 8. The molecular weight excluding hydrogens is 890 g/mol. The van der Waals surface area contributed by atoms with Gasteiger partial charge in [0.2, 0.25) is 0 Å². The maximum Gasteiger partial charge on any atom is 2.00 e. The second kappa shape index (κ2) is 18.0. The van der Waals surface area contributed by atoms with Gasteiger partial charge >= 0.3 is 19.5 Å². The van der Waals surface area contributed by atoms with Gasteiger partial charge in [-0.2, -0.15) is 0 Å². The quantitative estimate of drug-likeness (QED) is 0.155. The predicted molar refractivity (Wildman–Crippen MR) is 263 cm³/mol. The number of hydrogen-bond acceptors (Lipinski definition) is 8. The van der Waals surface area contributed by atoms with Crippen molar-refractivity contribution in [3.05, 3.63) is 226 Å². The summed E-state index contributed by atoms with van der Waals surface area (Å²) in [6, 6.07) is 65.0. The molecule has 8 aromatic carbocycles. The molecule has 2 aliphatic heterocycles. The summed E-state index contributed by atoms with van der Waals surface area (Å²) in [5.41, 5.74) is 10.6. The first-order valence-corrected chi connectivity index (χ1v) is 22.4. The molecule has 0 unspecified atom stereocenters. The van der Waals surface area contributed by atoms with E-state index < -0.39 is 0 Å². The summed E-state index contributed by atoms with van der Waals surface area (Å²) in [7, 11) is 0. The molecule has 304 valence electrons. The van der Waals surface area contributed by atoms with Gasteiger partial charge in [-0.25, -0.2) is 9.97 Å². The van der Waals surface area contributed by atoms with E-state index in [0.29, 0.717) is 22.5 Å². The van der Waals surface area contributed by atoms with Gasteiger partial charge in [0.25, 0.3) is 0 Å². The zero-order valence-electron chi connectivity index (χ0n) is 34.8. The maximum absolute atomic E-state index is 12.6. The summed E-state index contributed by atoms with van der Waals surface area (Å²) in [4.78, 5) is 20.8. The van der Waals surface area contributed by atoms with E-state index in [1.807, 2.05) is 133 Å². The van der Waals surface area contributed by atoms with Gasteiger partial charge in [0.1, 0.15) is 10.0 Å². The Morgan fingerprint density at radius 3 is 0.985 bits per heavy atom. The predicted octanol–water partition coefficient (Wildman–Crippen LogP) is 12.5. The van der Waals surface area contributed by atoms with E-state index in [-0.39, 0.29) is 31.3 Å². The summed E-state index contributed by atoms with van der Waals surface area (Å²) in [6.07, 6.45) is 3.87. The standard InChI is InChI=1S/2C28H18N2OS.Zn/c2*31-28-23-16-21-14-8-7-13-20(21)15-22(23)24(29-28)17-25-30-26(18-9-3-1-4-10-18)27(32-25)19-11-5-2-6-12-19;/h2*1-17H,(H,29,31);/q;;+2/p-2/b2*24-17-;. The molecule has 2 aliphatic rings. The smallest absolute Gasteiger partial charge is 0.858 e. The molecular formula is C56H34N4O2S2Zn. The number of nitrogens with zero attached hydrogens (tertiary/aromatic N) is 4. The SMILES string of the molecule is [O-]C1=N/C(=C\c2nc(-c3ccccc3)c(-c3ccccc3)s2)c2cc3ccccc3cc21.[O-]C1=N/C(=C\c2nc(-c3ccccc3)c(-c3ccccc3)s2)c2cc3ccccc3cc21.[Zn+2]. The van der Waals surface area contributed by atoms with Crippen molar-refractivity contribution in [3.63, 3.8) is 0 Å². The van der Waals surface area contributed by atoms with Gasteiger partial charge in [0.15, 0.2) is 0 Å². The molecule has 0 fully saturated rings. The largest absolute Gasteiger partial charge is 2.00 e. The summed E-state index contributed by atoms with van der Waals surface area (Å²) in [5, 5.41) is 31.1. The summed E-state index contributed by atoms with van der Waals surface area (Å²) in [6.45, 7) is 0. The number of rotatable bonds is 6. The third-order valence-electron chi connectivity index (χ3n) is 11.2. The van der Waals surface area contributed by atoms with E-state index in [0.717, 1.165) is 86.1 Å². The van der Waals surface area contributed by atoms with Crippen LogP contribution in [0.25, 0.3) is 88.5 Å². The molecule has 0 bridgehead atoms. The van der Waals surface area contributed by atoms with E-state index >= 15 is 0 Å². The molecule has 6 nitrogen and oxygen atoms in total. The van der Waals surface area contributed by atoms with Crippen LogP contribution in [0.15, 0.2) is 204 Å². The molecule has 0 saturated carbocycles. The molecule has 0 atom stereocenters. The van der Waals surface area contributed by atoms with Gasteiger partial charge in [-0.05, 0) is 79.9 Å². The van der Waals surface area contributed by atoms with E-state index in [1.165, 1.54) is 0 Å². The van der Waals surface area contributed by atoms with Crippen LogP contribution < -0.4 is 10.2 Å². The Bertz CT molecular complexity index is 3160. The van der Waals surface area contributed by atoms with Crippen molar-refractivity contribution < 1.29 is 29.7 Å². The van der Waals surface area contributed by atoms with Crippen LogP contribution in [0.1, 0.15) is 32.3 Å². The summed E-state index contributed by atoms with van der Waals surface area (Å²) in [5.74, 6) is -0.389. The topological polar surface area (TPSA) is 96.6 Å². The van der Waals surface area contributed by atoms with Crippen LogP contribution in [0.5, 0.6) is 0 Å². The normalized spacial score (nSPS) is 13.8. The van der Waals surface area contributed by atoms with Crippen LogP contribution in [0.3, 0.4) is 0 Å². The molecule has 4 heterocycles. The molecule has 9 heteroatoms. The molecule has 0 saturated heterocycles. The fourth-order valence-electron chi connectivity index (χ4n) is 8.12. The van der Waals surface area contributed by atoms with Gasteiger partial charge in [0.05, 0.1) is 32.5 Å². The Balaban J connectivity index is 0.000000151. The van der Waals surface area contributed by atoms with Crippen LogP contribution in [-0.4, -0.2) is 21.8 Å². The first kappa shape index (κ1) is 41.6. The van der Waals surface area contributed by atoms with Crippen molar-refractivity contribution in [2.75, 3.05) is 0 Å². The van der Waals surface area contributed by atoms with Crippen LogP contribution in [0.2, 0.25) is 0 Å². The minimum absolute atomic E-state index is 0. The zero-order chi connectivity index (χ0) is 43.0. The van der Waals surface area contributed by atoms with E-state index in [9.17, 15) is 10.2 Å². The maximum atomic E-state index is 12.6. The van der Waals surface area contributed by atoms with Crippen molar-refractivity contribution in [1.82, 2.24) is 9.97 Å². The van der Waals surface area contributed by atoms with E-state index in [2.05, 4.69) is 82.8 Å². The monoisotopic (exact) mass is 922 g/mol. The molecule has 2 aromatic heterocycles. The number of aromatic nitrogens is 2. The average Bonchev–Trinajstić information content (AvgIpc) is 4.12. The van der Waals surface area contributed by atoms with Gasteiger partial charge in [-0.3, -0.25) is 9.98 Å². The summed E-state index contributed by atoms with van der Waals surface area (Å²) >= 11 is 3.23. The van der Waals surface area contributed by atoms with Gasteiger partial charge < -0.3 is 10.2 Å². The average molecular weight is 924 g/mol. The van der Waals surface area contributed by atoms with Crippen molar-refractivity contribution in [1.29, 1.82) is 0 Å². The molecule has 12 rings (SSSR count). The number of thiazole rings is 2. The van der Waals surface area contributed by atoms with Crippen LogP contribution in [0, 0.1) is 0 Å². The van der Waals surface area contributed by atoms with E-state index in [4.69, 9.17) is 9.97 Å². The van der Waals surface area contributed by atoms with Crippen LogP contribution in [0.4, 0.5) is 0 Å². The fraction of sp³-hybridized carbons (Fsp3) is 0. The molecule has 65 heavy (non-hydrogen) atoms. The molecule has 0 amide bonds. The zero-order valence-corrected chi connectivity index (χ0v) is 39.4. The molecule has 0 spiro atoms. The minimum atomic E-state index is -0.194. The second-order valence-corrected chi connectivity index (χ2v) is 17.4. The molecule has 0 N–H and O–H groups in total. The fourth-order valence-corrected chi connectivity index (χ4v) is 10.2. The Morgan fingerprint density at radius 1 is 0.354 bits per heavy atom. The van der Waals surface area contributed by atoms with Crippen molar-refractivity contribution >= 4 is 79.6 Å². The minimum Gasteiger partial charge on any atom is -0.858 e. The molecule has 0 radical (unpaired) electrons. The van der Waals surface area contributed by atoms with Crippen LogP contribution >= 0.6 is 22.7 Å². The molecule has 10 aromatic rings. The van der Waals surface area contributed by atoms with Crippen LogP contribution in [-0.2, 0) is 19.5 Å². The summed E-state index contributed by atoms with van der Waals surface area (Å²) < 4.78 is 0. The first-order valence-electron chi connectivity index (χ1n) is 20.8. The Morgan fingerprint density at radius 2 is 0.646 bits per heavy atom. The van der Waals surface area contributed by atoms with Gasteiger partial charge in [-0.1, -0.05) is 170 Å². The van der Waals surface area contributed by atoms with Gasteiger partial charge in [0, 0.05) is 34.4 Å². The van der Waals surface area contributed by atoms with E-state index in [1.54, 1.807) is 22.7 Å². The van der Waals surface area contributed by atoms with Gasteiger partial charge in [-0.15, -0.1) is 22.7 Å². The van der Waals surface area contributed by atoms with Crippen molar-refractivity contribution in [2.45, 2.75) is 0 Å². The Hall–Kier alpha value is -7.42. The molecule has 0 aliphatic carbocycles. The Labute approximate surface area is 396 Å². The number of hydrogen-bond donors (Lipinski definition) is 0. The third kappa shape index (κ3) is 8.29. The first-order chi connectivity index (χ1) is 31.5. The number of aliphatic imine (C=N–C) groups is 2. The van der Waals surface area contributed by atoms with Crippen molar-refractivity contribution in [2.24, 2.45) is 9.98 Å².